The Kier molecular flexibility index (Phi) is 5.17. The van der Waals surface area contributed by atoms with Crippen molar-refractivity contribution in [2.45, 2.75) is 65.1 Å². The quantitative estimate of drug-likeness (QED) is 0.799. The second-order valence-electron chi connectivity index (χ2n) is 6.23. The van der Waals surface area contributed by atoms with Crippen LogP contribution in [-0.4, -0.2) is 46.7 Å². The van der Waals surface area contributed by atoms with Crippen molar-refractivity contribution in [2.75, 3.05) is 13.1 Å². The van der Waals surface area contributed by atoms with Crippen LogP contribution in [0.25, 0.3) is 0 Å². The second-order valence-corrected chi connectivity index (χ2v) is 6.23. The molecule has 0 radical (unpaired) electrons. The van der Waals surface area contributed by atoms with Gasteiger partial charge < -0.3 is 10.4 Å². The van der Waals surface area contributed by atoms with Crippen molar-refractivity contribution in [3.05, 3.63) is 0 Å². The molecule has 0 bridgehead atoms. The topological polar surface area (TPSA) is 52.6 Å². The third-order valence-electron chi connectivity index (χ3n) is 4.22. The average molecular weight is 256 g/mol. The third kappa shape index (κ3) is 3.95. The van der Waals surface area contributed by atoms with Crippen LogP contribution in [0.2, 0.25) is 0 Å². The summed E-state index contributed by atoms with van der Waals surface area (Å²) in [6, 6.07) is -0.169. The van der Waals surface area contributed by atoms with Gasteiger partial charge in [-0.2, -0.15) is 0 Å². The Labute approximate surface area is 111 Å². The van der Waals surface area contributed by atoms with E-state index >= 15 is 0 Å². The minimum absolute atomic E-state index is 0.0589. The van der Waals surface area contributed by atoms with Crippen LogP contribution < -0.4 is 5.32 Å². The first-order valence-corrected chi connectivity index (χ1v) is 7.01. The van der Waals surface area contributed by atoms with Gasteiger partial charge in [0.2, 0.25) is 5.91 Å². The van der Waals surface area contributed by atoms with Crippen molar-refractivity contribution in [1.82, 2.24) is 10.2 Å². The average Bonchev–Trinajstić information content (AvgIpc) is 2.31. The molecule has 3 unspecified atom stereocenters. The Morgan fingerprint density at radius 3 is 2.67 bits per heavy atom. The van der Waals surface area contributed by atoms with Crippen molar-refractivity contribution >= 4 is 5.91 Å². The second kappa shape index (κ2) is 6.02. The molecule has 1 rings (SSSR count). The van der Waals surface area contributed by atoms with Gasteiger partial charge in [0.25, 0.3) is 0 Å². The number of nitrogens with zero attached hydrogens (tertiary/aromatic N) is 1. The molecule has 106 valence electrons. The number of nitrogens with one attached hydrogen (secondary N) is 1. The fraction of sp³-hybridized carbons (Fsp3) is 0.929. The molecule has 4 heteroatoms. The molecule has 1 aliphatic rings. The van der Waals surface area contributed by atoms with Gasteiger partial charge in [-0.1, -0.05) is 13.8 Å². The lowest BCUT2D eigenvalue weighted by Gasteiger charge is -2.38. The minimum Gasteiger partial charge on any atom is -0.392 e. The van der Waals surface area contributed by atoms with Gasteiger partial charge in [0.05, 0.1) is 12.1 Å². The van der Waals surface area contributed by atoms with Crippen LogP contribution in [-0.2, 0) is 4.79 Å². The van der Waals surface area contributed by atoms with E-state index in [-0.39, 0.29) is 23.6 Å². The smallest absolute Gasteiger partial charge is 0.237 e. The molecule has 3 atom stereocenters. The molecule has 0 saturated carbocycles. The zero-order valence-corrected chi connectivity index (χ0v) is 12.4. The molecule has 1 saturated heterocycles. The summed E-state index contributed by atoms with van der Waals surface area (Å²) < 4.78 is 0. The molecule has 1 fully saturated rings. The molecule has 0 aromatic rings. The van der Waals surface area contributed by atoms with E-state index in [0.717, 1.165) is 19.4 Å². The maximum atomic E-state index is 12.2. The van der Waals surface area contributed by atoms with E-state index in [1.165, 1.54) is 0 Å². The lowest BCUT2D eigenvalue weighted by atomic mass is 9.94. The molecule has 1 aliphatic heterocycles. The summed E-state index contributed by atoms with van der Waals surface area (Å²) in [6.45, 7) is 11.6. The first-order chi connectivity index (χ1) is 8.26. The molecule has 1 heterocycles. The summed E-state index contributed by atoms with van der Waals surface area (Å²) in [6.07, 6.45) is 1.55. The number of carbonyl (C=O) groups is 1. The maximum Gasteiger partial charge on any atom is 0.237 e. The van der Waals surface area contributed by atoms with Crippen molar-refractivity contribution < 1.29 is 9.90 Å². The van der Waals surface area contributed by atoms with Gasteiger partial charge in [-0.05, 0) is 46.1 Å². The van der Waals surface area contributed by atoms with Crippen molar-refractivity contribution in [2.24, 2.45) is 5.92 Å². The number of aliphatic hydroxyl groups excluding tert-OH is 1. The highest BCUT2D eigenvalue weighted by Gasteiger charge is 2.31. The minimum atomic E-state index is -0.312. The van der Waals surface area contributed by atoms with E-state index in [0.29, 0.717) is 12.5 Å². The highest BCUT2D eigenvalue weighted by molar-refractivity contribution is 5.82. The van der Waals surface area contributed by atoms with Crippen LogP contribution in [0.4, 0.5) is 0 Å². The van der Waals surface area contributed by atoms with Gasteiger partial charge in [0.1, 0.15) is 0 Å². The van der Waals surface area contributed by atoms with Crippen LogP contribution in [0.1, 0.15) is 47.5 Å². The SMILES string of the molecule is CCC(C)(C)NC(=O)C(C)N1CCC(C)C(O)C1. The summed E-state index contributed by atoms with van der Waals surface area (Å²) in [5.41, 5.74) is -0.160. The highest BCUT2D eigenvalue weighted by atomic mass is 16.3. The standard InChI is InChI=1S/C14H28N2O2/c1-6-14(4,5)15-13(18)11(3)16-8-7-10(2)12(17)9-16/h10-12,17H,6-9H2,1-5H3,(H,15,18). The van der Waals surface area contributed by atoms with Gasteiger partial charge in [-0.3, -0.25) is 9.69 Å². The number of hydrogen-bond acceptors (Lipinski definition) is 3. The van der Waals surface area contributed by atoms with E-state index in [1.807, 2.05) is 20.8 Å². The molecule has 1 amide bonds. The summed E-state index contributed by atoms with van der Waals surface area (Å²) >= 11 is 0. The van der Waals surface area contributed by atoms with Crippen LogP contribution in [0.5, 0.6) is 0 Å². The zero-order valence-electron chi connectivity index (χ0n) is 12.4. The summed E-state index contributed by atoms with van der Waals surface area (Å²) in [4.78, 5) is 14.2. The van der Waals surface area contributed by atoms with Gasteiger partial charge in [-0.25, -0.2) is 0 Å². The lowest BCUT2D eigenvalue weighted by Crippen LogP contribution is -2.55. The van der Waals surface area contributed by atoms with Crippen LogP contribution in [0.15, 0.2) is 0 Å². The largest absolute Gasteiger partial charge is 0.392 e. The molecular weight excluding hydrogens is 228 g/mol. The predicted molar refractivity (Wildman–Crippen MR) is 73.3 cm³/mol. The first-order valence-electron chi connectivity index (χ1n) is 7.01. The molecular formula is C14H28N2O2. The van der Waals surface area contributed by atoms with Crippen LogP contribution in [0, 0.1) is 5.92 Å². The zero-order chi connectivity index (χ0) is 13.9. The predicted octanol–water partition coefficient (Wildman–Crippen LogP) is 1.38. The first kappa shape index (κ1) is 15.4. The van der Waals surface area contributed by atoms with Crippen LogP contribution in [0.3, 0.4) is 0 Å². The summed E-state index contributed by atoms with van der Waals surface area (Å²) in [5, 5.41) is 13.0. The Morgan fingerprint density at radius 1 is 1.56 bits per heavy atom. The molecule has 2 N–H and O–H groups in total. The number of piperidine rings is 1. The van der Waals surface area contributed by atoms with Gasteiger partial charge in [-0.15, -0.1) is 0 Å². The van der Waals surface area contributed by atoms with Gasteiger partial charge >= 0.3 is 0 Å². The number of likely N-dealkylation sites (tertiary alicyclic amines) is 1. The van der Waals surface area contributed by atoms with E-state index in [9.17, 15) is 9.90 Å². The molecule has 0 aromatic carbocycles. The number of β-amino-alcohol motifs (C(OH)–C–C–N with tert-alkyl or cyclic N) is 1. The third-order valence-corrected chi connectivity index (χ3v) is 4.22. The number of carbonyl (C=O) groups excluding carboxylic acids is 1. The van der Waals surface area contributed by atoms with E-state index in [4.69, 9.17) is 0 Å². The van der Waals surface area contributed by atoms with E-state index in [2.05, 4.69) is 24.1 Å². The molecule has 0 spiro atoms. The van der Waals surface area contributed by atoms with Crippen molar-refractivity contribution in [3.8, 4) is 0 Å². The number of amides is 1. The Balaban J connectivity index is 2.54. The molecule has 18 heavy (non-hydrogen) atoms. The highest BCUT2D eigenvalue weighted by Crippen LogP contribution is 2.19. The number of hydrogen-bond donors (Lipinski definition) is 2. The Hall–Kier alpha value is -0.610. The summed E-state index contributed by atoms with van der Waals surface area (Å²) in [7, 11) is 0. The van der Waals surface area contributed by atoms with Crippen LogP contribution >= 0.6 is 0 Å². The maximum absolute atomic E-state index is 12.2. The molecule has 4 nitrogen and oxygen atoms in total. The number of rotatable bonds is 4. The lowest BCUT2D eigenvalue weighted by molar-refractivity contribution is -0.129. The Bertz CT molecular complexity index is 292. The fourth-order valence-corrected chi connectivity index (χ4v) is 2.12. The van der Waals surface area contributed by atoms with Crippen molar-refractivity contribution in [3.63, 3.8) is 0 Å². The fourth-order valence-electron chi connectivity index (χ4n) is 2.12. The van der Waals surface area contributed by atoms with Gasteiger partial charge in [0.15, 0.2) is 0 Å². The van der Waals surface area contributed by atoms with E-state index in [1.54, 1.807) is 0 Å². The number of aliphatic hydroxyl groups is 1. The summed E-state index contributed by atoms with van der Waals surface area (Å²) in [5.74, 6) is 0.396. The van der Waals surface area contributed by atoms with Gasteiger partial charge in [0, 0.05) is 12.1 Å². The Morgan fingerprint density at radius 2 is 2.17 bits per heavy atom. The normalized spacial score (nSPS) is 27.9. The molecule has 0 aromatic heterocycles. The molecule has 0 aliphatic carbocycles. The van der Waals surface area contributed by atoms with Crippen molar-refractivity contribution in [1.29, 1.82) is 0 Å². The van der Waals surface area contributed by atoms with E-state index < -0.39 is 0 Å². The monoisotopic (exact) mass is 256 g/mol.